The average Bonchev–Trinajstić information content (AvgIpc) is 3.14. The molecule has 9 rings (SSSR count). The van der Waals surface area contributed by atoms with Gasteiger partial charge in [0.2, 0.25) is 0 Å². The Morgan fingerprint density at radius 2 is 0.717 bits per heavy atom. The molecule has 1 heterocycles. The molecular formula is C45H29N. The molecular weight excluding hydrogens is 555 g/mol. The fourth-order valence-corrected chi connectivity index (χ4v) is 7.32. The highest BCUT2D eigenvalue weighted by Crippen LogP contribution is 2.50. The lowest BCUT2D eigenvalue weighted by Crippen LogP contribution is -1.97. The number of nitrogens with zero attached hydrogens (tertiary/aromatic N) is 1. The van der Waals surface area contributed by atoms with Gasteiger partial charge in [0.15, 0.2) is 0 Å². The Balaban J connectivity index is 1.50. The zero-order valence-electron chi connectivity index (χ0n) is 25.2. The lowest BCUT2D eigenvalue weighted by molar-refractivity contribution is 1.42. The van der Waals surface area contributed by atoms with Crippen molar-refractivity contribution in [3.05, 3.63) is 176 Å². The summed E-state index contributed by atoms with van der Waals surface area (Å²) in [4.78, 5) is 5.22. The monoisotopic (exact) mass is 583 g/mol. The van der Waals surface area contributed by atoms with Crippen LogP contribution in [0.2, 0.25) is 0 Å². The van der Waals surface area contributed by atoms with Crippen LogP contribution in [-0.4, -0.2) is 4.98 Å². The molecule has 0 saturated carbocycles. The third-order valence-electron chi connectivity index (χ3n) is 9.31. The molecule has 0 aliphatic carbocycles. The van der Waals surface area contributed by atoms with Gasteiger partial charge in [-0.15, -0.1) is 0 Å². The smallest absolute Gasteiger partial charge is 0.0793 e. The Labute approximate surface area is 268 Å². The van der Waals surface area contributed by atoms with E-state index in [4.69, 9.17) is 4.98 Å². The molecule has 0 N–H and O–H groups in total. The zero-order valence-corrected chi connectivity index (χ0v) is 25.2. The molecule has 0 radical (unpaired) electrons. The molecule has 1 nitrogen and oxygen atoms in total. The molecule has 0 amide bonds. The average molecular weight is 584 g/mol. The van der Waals surface area contributed by atoms with Gasteiger partial charge in [-0.2, -0.15) is 0 Å². The molecule has 214 valence electrons. The summed E-state index contributed by atoms with van der Waals surface area (Å²) < 4.78 is 0. The second-order valence-electron chi connectivity index (χ2n) is 11.8. The molecule has 0 bridgehead atoms. The minimum atomic E-state index is 1.01. The summed E-state index contributed by atoms with van der Waals surface area (Å²) >= 11 is 0. The van der Waals surface area contributed by atoms with Crippen LogP contribution in [0.25, 0.3) is 87.7 Å². The highest BCUT2D eigenvalue weighted by Gasteiger charge is 2.24. The number of hydrogen-bond donors (Lipinski definition) is 0. The van der Waals surface area contributed by atoms with Crippen molar-refractivity contribution in [2.45, 2.75) is 0 Å². The van der Waals surface area contributed by atoms with E-state index in [1.54, 1.807) is 0 Å². The van der Waals surface area contributed by atoms with E-state index >= 15 is 0 Å². The fourth-order valence-electron chi connectivity index (χ4n) is 7.32. The quantitative estimate of drug-likeness (QED) is 0.188. The van der Waals surface area contributed by atoms with Crippen LogP contribution in [0.5, 0.6) is 0 Å². The van der Waals surface area contributed by atoms with Crippen molar-refractivity contribution in [2.75, 3.05) is 0 Å². The maximum atomic E-state index is 5.22. The maximum absolute atomic E-state index is 5.22. The Bertz CT molecular complexity index is 2330. The zero-order chi connectivity index (χ0) is 30.5. The first kappa shape index (κ1) is 26.4. The van der Waals surface area contributed by atoms with Crippen molar-refractivity contribution in [3.63, 3.8) is 0 Å². The standard InChI is InChI=1S/C45H29N/c1-3-14-30(15-4-1)36-27-25-32-18-7-9-20-34(32)41(36)43-38-22-11-12-23-39(38)44(45-40(43)24-13-29-46-45)42-35-21-10-8-19-33(35)26-28-37(42)31-16-5-2-6-17-31/h1-29H. The molecule has 46 heavy (non-hydrogen) atoms. The van der Waals surface area contributed by atoms with E-state index in [9.17, 15) is 0 Å². The van der Waals surface area contributed by atoms with E-state index in [2.05, 4.69) is 170 Å². The van der Waals surface area contributed by atoms with E-state index in [0.717, 1.165) is 10.9 Å². The van der Waals surface area contributed by atoms with Gasteiger partial charge in [0, 0.05) is 28.3 Å². The van der Waals surface area contributed by atoms with Crippen LogP contribution >= 0.6 is 0 Å². The molecule has 0 atom stereocenters. The number of hydrogen-bond acceptors (Lipinski definition) is 1. The number of pyridine rings is 1. The number of aromatic nitrogens is 1. The summed E-state index contributed by atoms with van der Waals surface area (Å²) in [5.41, 5.74) is 10.7. The molecule has 0 aliphatic rings. The second kappa shape index (κ2) is 10.8. The number of fused-ring (bicyclic) bond motifs is 4. The van der Waals surface area contributed by atoms with Gasteiger partial charge < -0.3 is 0 Å². The van der Waals surface area contributed by atoms with Crippen molar-refractivity contribution in [1.29, 1.82) is 0 Å². The Morgan fingerprint density at radius 1 is 0.283 bits per heavy atom. The Hall–Kier alpha value is -6.05. The molecule has 0 fully saturated rings. The van der Waals surface area contributed by atoms with E-state index in [1.165, 1.54) is 76.8 Å². The van der Waals surface area contributed by atoms with E-state index < -0.39 is 0 Å². The van der Waals surface area contributed by atoms with Gasteiger partial charge >= 0.3 is 0 Å². The van der Waals surface area contributed by atoms with Gasteiger partial charge in [-0.05, 0) is 66.2 Å². The normalized spacial score (nSPS) is 11.5. The van der Waals surface area contributed by atoms with Gasteiger partial charge in [0.25, 0.3) is 0 Å². The highest BCUT2D eigenvalue weighted by molar-refractivity contribution is 6.27. The number of rotatable bonds is 4. The van der Waals surface area contributed by atoms with Crippen LogP contribution in [0.1, 0.15) is 0 Å². The van der Waals surface area contributed by atoms with E-state index in [-0.39, 0.29) is 0 Å². The van der Waals surface area contributed by atoms with Crippen LogP contribution < -0.4 is 0 Å². The Morgan fingerprint density at radius 3 is 1.28 bits per heavy atom. The molecule has 8 aromatic carbocycles. The molecule has 1 aromatic heterocycles. The van der Waals surface area contributed by atoms with Crippen molar-refractivity contribution in [1.82, 2.24) is 4.98 Å². The third-order valence-corrected chi connectivity index (χ3v) is 9.31. The first-order chi connectivity index (χ1) is 22.9. The molecule has 0 unspecified atom stereocenters. The Kier molecular flexibility index (Phi) is 6.21. The van der Waals surface area contributed by atoms with E-state index in [1.807, 2.05) is 6.20 Å². The minimum Gasteiger partial charge on any atom is -0.256 e. The molecule has 1 heteroatoms. The maximum Gasteiger partial charge on any atom is 0.0793 e. The largest absolute Gasteiger partial charge is 0.256 e. The van der Waals surface area contributed by atoms with Crippen LogP contribution in [0.15, 0.2) is 176 Å². The van der Waals surface area contributed by atoms with Gasteiger partial charge in [-0.1, -0.05) is 164 Å². The fraction of sp³-hybridized carbons (Fsp3) is 0. The SMILES string of the molecule is c1ccc(-c2ccc3ccccc3c2-c2c3ccccc3c(-c3c(-c4ccccc4)ccc4ccccc34)c3ncccc23)cc1. The summed E-state index contributed by atoms with van der Waals surface area (Å²) in [6, 6.07) is 61.3. The van der Waals surface area contributed by atoms with Gasteiger partial charge in [0.1, 0.15) is 0 Å². The molecule has 0 saturated heterocycles. The summed E-state index contributed by atoms with van der Waals surface area (Å²) in [6.07, 6.45) is 1.94. The highest BCUT2D eigenvalue weighted by atomic mass is 14.7. The lowest BCUT2D eigenvalue weighted by Gasteiger charge is -2.22. The van der Waals surface area contributed by atoms with Crippen LogP contribution in [-0.2, 0) is 0 Å². The van der Waals surface area contributed by atoms with Gasteiger partial charge in [-0.25, -0.2) is 0 Å². The minimum absolute atomic E-state index is 1.01. The predicted molar refractivity (Wildman–Crippen MR) is 196 cm³/mol. The summed E-state index contributed by atoms with van der Waals surface area (Å²) in [6.45, 7) is 0. The first-order valence-corrected chi connectivity index (χ1v) is 15.8. The summed E-state index contributed by atoms with van der Waals surface area (Å²) in [5, 5.41) is 8.47. The van der Waals surface area contributed by atoms with Gasteiger partial charge in [-0.3, -0.25) is 4.98 Å². The second-order valence-corrected chi connectivity index (χ2v) is 11.8. The summed E-state index contributed by atoms with van der Waals surface area (Å²) in [5.74, 6) is 0. The molecule has 0 spiro atoms. The van der Waals surface area contributed by atoms with Crippen molar-refractivity contribution in [2.24, 2.45) is 0 Å². The molecule has 9 aromatic rings. The molecule has 0 aliphatic heterocycles. The van der Waals surface area contributed by atoms with E-state index in [0.29, 0.717) is 0 Å². The van der Waals surface area contributed by atoms with Crippen LogP contribution in [0.4, 0.5) is 0 Å². The van der Waals surface area contributed by atoms with Crippen molar-refractivity contribution >= 4 is 43.2 Å². The lowest BCUT2D eigenvalue weighted by atomic mass is 9.81. The van der Waals surface area contributed by atoms with Crippen LogP contribution in [0.3, 0.4) is 0 Å². The topological polar surface area (TPSA) is 12.9 Å². The van der Waals surface area contributed by atoms with Crippen LogP contribution in [0, 0.1) is 0 Å². The van der Waals surface area contributed by atoms with Crippen molar-refractivity contribution in [3.8, 4) is 44.5 Å². The predicted octanol–water partition coefficient (Wildman–Crippen LogP) is 12.4. The summed E-state index contributed by atoms with van der Waals surface area (Å²) in [7, 11) is 0. The van der Waals surface area contributed by atoms with Gasteiger partial charge in [0.05, 0.1) is 5.52 Å². The third kappa shape index (κ3) is 4.13. The number of benzene rings is 8. The first-order valence-electron chi connectivity index (χ1n) is 15.8. The van der Waals surface area contributed by atoms with Crippen molar-refractivity contribution < 1.29 is 0 Å².